The molecular formula is C19H13BrO5. The van der Waals surface area contributed by atoms with Gasteiger partial charge < -0.3 is 9.15 Å². The predicted octanol–water partition coefficient (Wildman–Crippen LogP) is 3.94. The Hall–Kier alpha value is -2.73. The number of ketones is 2. The first-order valence-corrected chi connectivity index (χ1v) is 8.25. The van der Waals surface area contributed by atoms with Gasteiger partial charge in [0.2, 0.25) is 0 Å². The number of cyclic esters (lactones) is 1. The number of rotatable bonds is 4. The molecule has 126 valence electrons. The lowest BCUT2D eigenvalue weighted by molar-refractivity contribution is -0.151. The molecule has 1 aromatic heterocycles. The molecule has 0 saturated carbocycles. The van der Waals surface area contributed by atoms with Crippen molar-refractivity contribution < 1.29 is 23.5 Å². The molecule has 0 radical (unpaired) electrons. The predicted molar refractivity (Wildman–Crippen MR) is 94.2 cm³/mol. The molecule has 0 fully saturated rings. The van der Waals surface area contributed by atoms with Gasteiger partial charge in [0.15, 0.2) is 17.5 Å². The number of hydrogen-bond donors (Lipinski definition) is 0. The number of carbonyl (C=O) groups is 3. The topological polar surface area (TPSA) is 73.6 Å². The van der Waals surface area contributed by atoms with Crippen molar-refractivity contribution in [1.29, 1.82) is 0 Å². The first-order valence-electron chi connectivity index (χ1n) is 7.45. The molecule has 3 rings (SSSR count). The number of ether oxygens (including phenoxy) is 1. The van der Waals surface area contributed by atoms with E-state index in [1.807, 2.05) is 24.3 Å². The zero-order valence-electron chi connectivity index (χ0n) is 13.2. The maximum atomic E-state index is 12.1. The lowest BCUT2D eigenvalue weighted by Gasteiger charge is -2.15. The number of halogens is 1. The molecule has 25 heavy (non-hydrogen) atoms. The summed E-state index contributed by atoms with van der Waals surface area (Å²) in [6.45, 7) is 1.48. The van der Waals surface area contributed by atoms with E-state index in [1.54, 1.807) is 12.1 Å². The van der Waals surface area contributed by atoms with E-state index in [-0.39, 0.29) is 5.76 Å². The van der Waals surface area contributed by atoms with Crippen LogP contribution in [-0.2, 0) is 19.1 Å². The van der Waals surface area contributed by atoms with Crippen molar-refractivity contribution in [2.75, 3.05) is 0 Å². The molecule has 1 aliphatic heterocycles. The van der Waals surface area contributed by atoms with Crippen molar-refractivity contribution in [3.05, 3.63) is 64.5 Å². The highest BCUT2D eigenvalue weighted by molar-refractivity contribution is 9.10. The Kier molecular flexibility index (Phi) is 4.81. The fourth-order valence-electron chi connectivity index (χ4n) is 2.38. The molecule has 5 nitrogen and oxygen atoms in total. The summed E-state index contributed by atoms with van der Waals surface area (Å²) in [5, 5.41) is 0. The van der Waals surface area contributed by atoms with Gasteiger partial charge >= 0.3 is 5.97 Å². The van der Waals surface area contributed by atoms with E-state index in [0.717, 1.165) is 22.2 Å². The molecule has 0 spiro atoms. The molecule has 0 bridgehead atoms. The minimum atomic E-state index is -1.44. The Morgan fingerprint density at radius 1 is 1.12 bits per heavy atom. The number of carbonyl (C=O) groups excluding carboxylic acids is 3. The molecule has 1 unspecified atom stereocenters. The summed E-state index contributed by atoms with van der Waals surface area (Å²) in [5.74, 6) is -2.23. The van der Waals surface area contributed by atoms with Gasteiger partial charge in [0.1, 0.15) is 17.3 Å². The molecular weight excluding hydrogens is 388 g/mol. The van der Waals surface area contributed by atoms with Crippen molar-refractivity contribution in [3.8, 4) is 11.3 Å². The van der Waals surface area contributed by atoms with Gasteiger partial charge in [0.25, 0.3) is 0 Å². The minimum Gasteiger partial charge on any atom is -0.457 e. The molecule has 2 heterocycles. The minimum absolute atomic E-state index is 0.188. The third-order valence-electron chi connectivity index (χ3n) is 3.58. The normalized spacial score (nSPS) is 17.5. The van der Waals surface area contributed by atoms with Crippen LogP contribution in [0.3, 0.4) is 0 Å². The van der Waals surface area contributed by atoms with Gasteiger partial charge in [-0.05, 0) is 43.3 Å². The molecule has 1 aromatic carbocycles. The van der Waals surface area contributed by atoms with Gasteiger partial charge in [-0.25, -0.2) is 0 Å². The lowest BCUT2D eigenvalue weighted by atomic mass is 9.96. The molecule has 0 aliphatic carbocycles. The summed E-state index contributed by atoms with van der Waals surface area (Å²) in [6, 6.07) is 11.1. The van der Waals surface area contributed by atoms with Gasteiger partial charge in [-0.3, -0.25) is 14.4 Å². The van der Waals surface area contributed by atoms with Gasteiger partial charge in [-0.15, -0.1) is 0 Å². The SMILES string of the molecule is CC1=CC(=O)C(C(=O)C=Cc2ccc(-c3ccc(Br)cc3)o2)C(=O)O1. The van der Waals surface area contributed by atoms with Gasteiger partial charge in [0, 0.05) is 16.1 Å². The molecule has 1 aliphatic rings. The van der Waals surface area contributed by atoms with Crippen molar-refractivity contribution in [1.82, 2.24) is 0 Å². The molecule has 0 amide bonds. The van der Waals surface area contributed by atoms with Crippen LogP contribution >= 0.6 is 15.9 Å². The van der Waals surface area contributed by atoms with Crippen molar-refractivity contribution in [2.45, 2.75) is 6.92 Å². The smallest absolute Gasteiger partial charge is 0.329 e. The first-order chi connectivity index (χ1) is 11.9. The number of benzene rings is 1. The van der Waals surface area contributed by atoms with Gasteiger partial charge in [-0.2, -0.15) is 0 Å². The fourth-order valence-corrected chi connectivity index (χ4v) is 2.64. The Balaban J connectivity index is 1.74. The first kappa shape index (κ1) is 17.1. The summed E-state index contributed by atoms with van der Waals surface area (Å²) < 4.78 is 11.4. The number of esters is 1. The van der Waals surface area contributed by atoms with Crippen LogP contribution in [0.5, 0.6) is 0 Å². The number of hydrogen-bond acceptors (Lipinski definition) is 5. The molecule has 2 aromatic rings. The Labute approximate surface area is 152 Å². The highest BCUT2D eigenvalue weighted by atomic mass is 79.9. The van der Waals surface area contributed by atoms with E-state index in [1.165, 1.54) is 13.0 Å². The second-order valence-corrected chi connectivity index (χ2v) is 6.37. The van der Waals surface area contributed by atoms with Crippen LogP contribution in [-0.4, -0.2) is 17.5 Å². The quantitative estimate of drug-likeness (QED) is 0.441. The summed E-state index contributed by atoms with van der Waals surface area (Å²) in [6.07, 6.45) is 3.73. The van der Waals surface area contributed by atoms with E-state index >= 15 is 0 Å². The second kappa shape index (κ2) is 7.03. The zero-order valence-corrected chi connectivity index (χ0v) is 14.8. The van der Waals surface area contributed by atoms with E-state index in [0.29, 0.717) is 11.5 Å². The van der Waals surface area contributed by atoms with E-state index in [9.17, 15) is 14.4 Å². The average Bonchev–Trinajstić information content (AvgIpc) is 3.01. The maximum absolute atomic E-state index is 12.1. The summed E-state index contributed by atoms with van der Waals surface area (Å²) in [4.78, 5) is 35.7. The zero-order chi connectivity index (χ0) is 18.0. The average molecular weight is 401 g/mol. The van der Waals surface area contributed by atoms with Crippen LogP contribution in [0.1, 0.15) is 12.7 Å². The largest absolute Gasteiger partial charge is 0.457 e. The highest BCUT2D eigenvalue weighted by Gasteiger charge is 2.36. The van der Waals surface area contributed by atoms with Crippen LogP contribution in [0.15, 0.2) is 63.2 Å². The van der Waals surface area contributed by atoms with Gasteiger partial charge in [-0.1, -0.05) is 28.1 Å². The van der Waals surface area contributed by atoms with Crippen LogP contribution in [0.25, 0.3) is 17.4 Å². The summed E-state index contributed by atoms with van der Waals surface area (Å²) >= 11 is 3.37. The summed E-state index contributed by atoms with van der Waals surface area (Å²) in [5.41, 5.74) is 0.890. The number of furan rings is 1. The van der Waals surface area contributed by atoms with E-state index < -0.39 is 23.5 Å². The maximum Gasteiger partial charge on any atom is 0.329 e. The monoisotopic (exact) mass is 400 g/mol. The van der Waals surface area contributed by atoms with E-state index in [2.05, 4.69) is 15.9 Å². The van der Waals surface area contributed by atoms with Crippen LogP contribution in [0.4, 0.5) is 0 Å². The standard InChI is InChI=1S/C19H13BrO5/c1-11-10-16(22)18(19(23)24-11)15(21)8-6-14-7-9-17(25-14)12-2-4-13(20)5-3-12/h2-10,18H,1H3. The Morgan fingerprint density at radius 2 is 1.84 bits per heavy atom. The molecule has 0 saturated heterocycles. The number of allylic oxidation sites excluding steroid dienone is 3. The van der Waals surface area contributed by atoms with Gasteiger partial charge in [0.05, 0.1) is 0 Å². The molecule has 0 N–H and O–H groups in total. The van der Waals surface area contributed by atoms with Crippen molar-refractivity contribution >= 4 is 39.5 Å². The van der Waals surface area contributed by atoms with Crippen LogP contribution < -0.4 is 0 Å². The highest BCUT2D eigenvalue weighted by Crippen LogP contribution is 2.25. The van der Waals surface area contributed by atoms with Crippen LogP contribution in [0, 0.1) is 5.92 Å². The molecule has 6 heteroatoms. The Bertz CT molecular complexity index is 902. The third-order valence-corrected chi connectivity index (χ3v) is 4.11. The van der Waals surface area contributed by atoms with Crippen molar-refractivity contribution in [2.24, 2.45) is 5.92 Å². The van der Waals surface area contributed by atoms with Crippen molar-refractivity contribution in [3.63, 3.8) is 0 Å². The summed E-state index contributed by atoms with van der Waals surface area (Å²) in [7, 11) is 0. The second-order valence-electron chi connectivity index (χ2n) is 5.46. The third kappa shape index (κ3) is 3.85. The van der Waals surface area contributed by atoms with Crippen LogP contribution in [0.2, 0.25) is 0 Å². The Morgan fingerprint density at radius 3 is 2.52 bits per heavy atom. The van der Waals surface area contributed by atoms with E-state index in [4.69, 9.17) is 9.15 Å². The molecule has 1 atom stereocenters. The lowest BCUT2D eigenvalue weighted by Crippen LogP contribution is -2.34. The fraction of sp³-hybridized carbons (Fsp3) is 0.105.